The van der Waals surface area contributed by atoms with E-state index in [0.717, 1.165) is 12.8 Å². The predicted octanol–water partition coefficient (Wildman–Crippen LogP) is 3.27. The second-order valence-electron chi connectivity index (χ2n) is 4.59. The zero-order chi connectivity index (χ0) is 10.1. The van der Waals surface area contributed by atoms with E-state index in [1.165, 1.54) is 37.2 Å². The lowest BCUT2D eigenvalue weighted by Gasteiger charge is -2.48. The molecular formula is C11H20OS2. The minimum absolute atomic E-state index is 0.0751. The average molecular weight is 232 g/mol. The summed E-state index contributed by atoms with van der Waals surface area (Å²) in [6.07, 6.45) is 7.09. The smallest absolute Gasteiger partial charge is 0.0882 e. The highest BCUT2D eigenvalue weighted by molar-refractivity contribution is 8.18. The molecule has 1 nitrogen and oxygen atoms in total. The van der Waals surface area contributed by atoms with Crippen LogP contribution in [-0.2, 0) is 0 Å². The van der Waals surface area contributed by atoms with E-state index in [1.54, 1.807) is 0 Å². The van der Waals surface area contributed by atoms with Crippen LogP contribution in [0, 0.1) is 0 Å². The van der Waals surface area contributed by atoms with Crippen LogP contribution >= 0.6 is 23.5 Å². The molecule has 14 heavy (non-hydrogen) atoms. The molecule has 2 aliphatic rings. The first kappa shape index (κ1) is 11.2. The van der Waals surface area contributed by atoms with E-state index in [-0.39, 0.29) is 9.68 Å². The molecule has 1 heterocycles. The highest BCUT2D eigenvalue weighted by Crippen LogP contribution is 2.53. The van der Waals surface area contributed by atoms with Gasteiger partial charge in [0.05, 0.1) is 9.68 Å². The minimum Gasteiger partial charge on any atom is -0.388 e. The van der Waals surface area contributed by atoms with Crippen LogP contribution in [0.4, 0.5) is 0 Å². The maximum atomic E-state index is 10.7. The molecule has 1 saturated carbocycles. The summed E-state index contributed by atoms with van der Waals surface area (Å²) in [5.41, 5.74) is -0.388. The molecule has 0 aromatic heterocycles. The zero-order valence-electron chi connectivity index (χ0n) is 8.92. The van der Waals surface area contributed by atoms with Gasteiger partial charge in [-0.05, 0) is 37.7 Å². The van der Waals surface area contributed by atoms with Crippen molar-refractivity contribution in [1.29, 1.82) is 0 Å². The van der Waals surface area contributed by atoms with E-state index in [1.807, 2.05) is 23.5 Å². The van der Waals surface area contributed by atoms with Gasteiger partial charge in [-0.15, -0.1) is 23.5 Å². The fourth-order valence-corrected chi connectivity index (χ4v) is 5.81. The van der Waals surface area contributed by atoms with Crippen LogP contribution in [-0.4, -0.2) is 26.3 Å². The second-order valence-corrected chi connectivity index (χ2v) is 7.87. The first-order valence-corrected chi connectivity index (χ1v) is 7.64. The Hall–Kier alpha value is 0.660. The quantitative estimate of drug-likeness (QED) is 0.749. The van der Waals surface area contributed by atoms with Crippen LogP contribution < -0.4 is 0 Å². The van der Waals surface area contributed by atoms with E-state index in [4.69, 9.17) is 0 Å². The first-order valence-electron chi connectivity index (χ1n) is 5.67. The van der Waals surface area contributed by atoms with Gasteiger partial charge in [-0.25, -0.2) is 0 Å². The summed E-state index contributed by atoms with van der Waals surface area (Å²) < 4.78 is 0.0751. The van der Waals surface area contributed by atoms with Gasteiger partial charge < -0.3 is 5.11 Å². The van der Waals surface area contributed by atoms with Crippen molar-refractivity contribution in [1.82, 2.24) is 0 Å². The third-order valence-corrected chi connectivity index (χ3v) is 7.12. The standard InChI is InChI=1S/C11H20OS2/c1-10(13-8-5-9-14-10)11(12)6-3-2-4-7-11/h12H,2-9H2,1H3. The van der Waals surface area contributed by atoms with Gasteiger partial charge in [-0.3, -0.25) is 0 Å². The van der Waals surface area contributed by atoms with Crippen molar-refractivity contribution < 1.29 is 5.11 Å². The van der Waals surface area contributed by atoms with Crippen molar-refractivity contribution in [2.45, 2.75) is 55.1 Å². The van der Waals surface area contributed by atoms with E-state index < -0.39 is 0 Å². The monoisotopic (exact) mass is 232 g/mol. The van der Waals surface area contributed by atoms with Crippen LogP contribution in [0.3, 0.4) is 0 Å². The van der Waals surface area contributed by atoms with E-state index in [9.17, 15) is 5.11 Å². The average Bonchev–Trinajstić information content (AvgIpc) is 2.20. The zero-order valence-corrected chi connectivity index (χ0v) is 10.6. The number of hydrogen-bond donors (Lipinski definition) is 1. The predicted molar refractivity (Wildman–Crippen MR) is 66.0 cm³/mol. The van der Waals surface area contributed by atoms with Gasteiger partial charge in [0.25, 0.3) is 0 Å². The molecule has 2 rings (SSSR count). The number of thioether (sulfide) groups is 2. The van der Waals surface area contributed by atoms with Crippen LogP contribution in [0.15, 0.2) is 0 Å². The summed E-state index contributed by atoms with van der Waals surface area (Å²) in [6.45, 7) is 2.26. The molecule has 1 N–H and O–H groups in total. The van der Waals surface area contributed by atoms with Crippen molar-refractivity contribution in [3.05, 3.63) is 0 Å². The Bertz CT molecular complexity index is 171. The van der Waals surface area contributed by atoms with Crippen LogP contribution in [0.25, 0.3) is 0 Å². The summed E-state index contributed by atoms with van der Waals surface area (Å²) in [5.74, 6) is 2.46. The fourth-order valence-electron chi connectivity index (χ4n) is 2.49. The molecular weight excluding hydrogens is 212 g/mol. The largest absolute Gasteiger partial charge is 0.388 e. The molecule has 0 radical (unpaired) electrons. The maximum Gasteiger partial charge on any atom is 0.0882 e. The van der Waals surface area contributed by atoms with Crippen molar-refractivity contribution in [2.24, 2.45) is 0 Å². The number of aliphatic hydroxyl groups is 1. The second kappa shape index (κ2) is 4.26. The maximum absolute atomic E-state index is 10.7. The van der Waals surface area contributed by atoms with Gasteiger partial charge in [0, 0.05) is 0 Å². The molecule has 0 amide bonds. The molecule has 2 fully saturated rings. The van der Waals surface area contributed by atoms with Gasteiger partial charge in [-0.2, -0.15) is 0 Å². The SMILES string of the molecule is CC1(C2(O)CCCCC2)SCCCS1. The van der Waals surface area contributed by atoms with Crippen LogP contribution in [0.1, 0.15) is 45.4 Å². The molecule has 1 aliphatic heterocycles. The Morgan fingerprint density at radius 2 is 1.50 bits per heavy atom. The van der Waals surface area contributed by atoms with Gasteiger partial charge in [-0.1, -0.05) is 19.3 Å². The normalized spacial score (nSPS) is 31.3. The lowest BCUT2D eigenvalue weighted by atomic mass is 9.82. The minimum atomic E-state index is -0.388. The number of hydrogen-bond acceptors (Lipinski definition) is 3. The molecule has 0 unspecified atom stereocenters. The molecule has 1 aliphatic carbocycles. The lowest BCUT2D eigenvalue weighted by Crippen LogP contribution is -2.50. The summed E-state index contributed by atoms with van der Waals surface area (Å²) >= 11 is 3.97. The summed E-state index contributed by atoms with van der Waals surface area (Å²) in [6, 6.07) is 0. The highest BCUT2D eigenvalue weighted by Gasteiger charge is 2.48. The molecule has 1 saturated heterocycles. The Kier molecular flexibility index (Phi) is 3.40. The Morgan fingerprint density at radius 1 is 0.929 bits per heavy atom. The fraction of sp³-hybridized carbons (Fsp3) is 1.00. The van der Waals surface area contributed by atoms with E-state index in [2.05, 4.69) is 6.92 Å². The molecule has 0 spiro atoms. The van der Waals surface area contributed by atoms with Crippen LogP contribution in [0.2, 0.25) is 0 Å². The summed E-state index contributed by atoms with van der Waals surface area (Å²) in [7, 11) is 0. The van der Waals surface area contributed by atoms with Crippen molar-refractivity contribution in [3.63, 3.8) is 0 Å². The van der Waals surface area contributed by atoms with Gasteiger partial charge in [0.2, 0.25) is 0 Å². The third kappa shape index (κ3) is 1.96. The summed E-state index contributed by atoms with van der Waals surface area (Å²) in [4.78, 5) is 0. The molecule has 0 bridgehead atoms. The highest BCUT2D eigenvalue weighted by atomic mass is 32.2. The van der Waals surface area contributed by atoms with Crippen molar-refractivity contribution in [2.75, 3.05) is 11.5 Å². The van der Waals surface area contributed by atoms with Gasteiger partial charge in [0.15, 0.2) is 0 Å². The Labute approximate surface area is 95.4 Å². The Morgan fingerprint density at radius 3 is 2.07 bits per heavy atom. The topological polar surface area (TPSA) is 20.2 Å². The first-order chi connectivity index (χ1) is 6.66. The van der Waals surface area contributed by atoms with Crippen molar-refractivity contribution in [3.8, 4) is 0 Å². The van der Waals surface area contributed by atoms with Gasteiger partial charge >= 0.3 is 0 Å². The number of rotatable bonds is 1. The molecule has 3 heteroatoms. The molecule has 0 aromatic carbocycles. The lowest BCUT2D eigenvalue weighted by molar-refractivity contribution is -0.00291. The van der Waals surface area contributed by atoms with Gasteiger partial charge in [0.1, 0.15) is 0 Å². The third-order valence-electron chi connectivity index (χ3n) is 3.57. The van der Waals surface area contributed by atoms with E-state index in [0.29, 0.717) is 0 Å². The van der Waals surface area contributed by atoms with E-state index >= 15 is 0 Å². The molecule has 82 valence electrons. The molecule has 0 atom stereocenters. The Balaban J connectivity index is 2.09. The summed E-state index contributed by atoms with van der Waals surface area (Å²) in [5, 5.41) is 10.7. The molecule has 0 aromatic rings. The van der Waals surface area contributed by atoms with Crippen LogP contribution in [0.5, 0.6) is 0 Å². The van der Waals surface area contributed by atoms with Crippen molar-refractivity contribution >= 4 is 23.5 Å².